The van der Waals surface area contributed by atoms with Crippen molar-refractivity contribution >= 4 is 11.6 Å². The number of likely N-dealkylation sites (N-methyl/N-ethyl adjacent to an activating group) is 2. The third-order valence-electron chi connectivity index (χ3n) is 3.11. The van der Waals surface area contributed by atoms with E-state index in [1.807, 2.05) is 13.2 Å². The maximum atomic E-state index is 8.55. The van der Waals surface area contributed by atoms with Crippen LogP contribution < -0.4 is 10.2 Å². The third kappa shape index (κ3) is 2.63. The van der Waals surface area contributed by atoms with Crippen molar-refractivity contribution in [2.24, 2.45) is 0 Å². The zero-order valence-corrected chi connectivity index (χ0v) is 10.1. The molecule has 1 fully saturated rings. The van der Waals surface area contributed by atoms with Gasteiger partial charge < -0.3 is 9.80 Å². The summed E-state index contributed by atoms with van der Waals surface area (Å²) in [6.45, 7) is 2.16. The molecule has 0 spiro atoms. The molecule has 2 heterocycles. The molecule has 1 aromatic rings. The fourth-order valence-corrected chi connectivity index (χ4v) is 2.08. The second-order valence-electron chi connectivity index (χ2n) is 4.31. The lowest BCUT2D eigenvalue weighted by molar-refractivity contribution is 0.409. The average Bonchev–Trinajstić information content (AvgIpc) is 2.76. The van der Waals surface area contributed by atoms with E-state index in [4.69, 9.17) is 5.26 Å². The van der Waals surface area contributed by atoms with Crippen LogP contribution in [0.3, 0.4) is 0 Å². The van der Waals surface area contributed by atoms with Crippen molar-refractivity contribution in [3.05, 3.63) is 12.4 Å². The van der Waals surface area contributed by atoms with Gasteiger partial charge in [0.25, 0.3) is 0 Å². The molecule has 1 saturated heterocycles. The molecular formula is C11H16N6. The van der Waals surface area contributed by atoms with E-state index in [-0.39, 0.29) is 0 Å². The summed E-state index contributed by atoms with van der Waals surface area (Å²) in [6.07, 6.45) is 4.47. The zero-order chi connectivity index (χ0) is 12.3. The van der Waals surface area contributed by atoms with Gasteiger partial charge in [0.05, 0.1) is 0 Å². The number of aromatic nitrogens is 2. The molecule has 0 aliphatic carbocycles. The predicted molar refractivity (Wildman–Crippen MR) is 65.6 cm³/mol. The first-order chi connectivity index (χ1) is 8.20. The van der Waals surface area contributed by atoms with Gasteiger partial charge in [-0.3, -0.25) is 5.32 Å². The Kier molecular flexibility index (Phi) is 3.40. The van der Waals surface area contributed by atoms with E-state index in [9.17, 15) is 0 Å². The van der Waals surface area contributed by atoms with Gasteiger partial charge in [-0.05, 0) is 20.0 Å². The Labute approximate surface area is 101 Å². The normalized spacial score (nSPS) is 19.9. The summed E-state index contributed by atoms with van der Waals surface area (Å²) < 4.78 is 0. The number of nitrogens with zero attached hydrogens (tertiary/aromatic N) is 5. The van der Waals surface area contributed by atoms with Gasteiger partial charge in [-0.2, -0.15) is 5.26 Å². The summed E-state index contributed by atoms with van der Waals surface area (Å²) in [5.41, 5.74) is 0. The molecule has 6 heteroatoms. The lowest BCUT2D eigenvalue weighted by Gasteiger charge is -2.25. The molecule has 1 N–H and O–H groups in total. The van der Waals surface area contributed by atoms with Crippen molar-refractivity contribution < 1.29 is 0 Å². The van der Waals surface area contributed by atoms with Gasteiger partial charge in [-0.1, -0.05) is 0 Å². The third-order valence-corrected chi connectivity index (χ3v) is 3.11. The highest BCUT2D eigenvalue weighted by molar-refractivity contribution is 5.50. The van der Waals surface area contributed by atoms with Crippen molar-refractivity contribution in [2.45, 2.75) is 12.5 Å². The number of nitriles is 1. The Hall–Kier alpha value is -1.87. The lowest BCUT2D eigenvalue weighted by atomic mass is 10.2. The molecule has 0 radical (unpaired) electrons. The molecule has 6 nitrogen and oxygen atoms in total. The van der Waals surface area contributed by atoms with Gasteiger partial charge in [0.1, 0.15) is 18.0 Å². The molecule has 2 rings (SSSR count). The fraction of sp³-hybridized carbons (Fsp3) is 0.545. The van der Waals surface area contributed by atoms with E-state index < -0.39 is 0 Å². The molecule has 1 aliphatic heterocycles. The first-order valence-corrected chi connectivity index (χ1v) is 5.59. The van der Waals surface area contributed by atoms with E-state index in [2.05, 4.69) is 32.1 Å². The lowest BCUT2D eigenvalue weighted by Crippen LogP contribution is -2.34. The highest BCUT2D eigenvalue weighted by Gasteiger charge is 2.24. The SMILES string of the molecule is CN1CCC(N(C)c2cc(NC#N)ncn2)C1. The maximum absolute atomic E-state index is 8.55. The number of nitrogens with one attached hydrogen (secondary N) is 1. The van der Waals surface area contributed by atoms with Crippen LogP contribution in [0.15, 0.2) is 12.4 Å². The van der Waals surface area contributed by atoms with Crippen LogP contribution in [0, 0.1) is 11.5 Å². The summed E-state index contributed by atoms with van der Waals surface area (Å²) in [6, 6.07) is 2.27. The second-order valence-corrected chi connectivity index (χ2v) is 4.31. The Morgan fingerprint density at radius 3 is 3.06 bits per heavy atom. The summed E-state index contributed by atoms with van der Waals surface area (Å²) in [5.74, 6) is 1.38. The Bertz CT molecular complexity index is 426. The van der Waals surface area contributed by atoms with E-state index in [0.717, 1.165) is 25.3 Å². The minimum absolute atomic E-state index is 0.477. The van der Waals surface area contributed by atoms with Gasteiger partial charge in [0, 0.05) is 25.7 Å². The van der Waals surface area contributed by atoms with Crippen LogP contribution >= 0.6 is 0 Å². The van der Waals surface area contributed by atoms with Crippen LogP contribution in [0.4, 0.5) is 11.6 Å². The highest BCUT2D eigenvalue weighted by atomic mass is 15.3. The molecule has 1 aromatic heterocycles. The molecule has 0 saturated carbocycles. The summed E-state index contributed by atoms with van der Waals surface area (Å²) in [7, 11) is 4.15. The first-order valence-electron chi connectivity index (χ1n) is 5.59. The smallest absolute Gasteiger partial charge is 0.182 e. The quantitative estimate of drug-likeness (QED) is 0.605. The van der Waals surface area contributed by atoms with E-state index in [1.165, 1.54) is 6.33 Å². The zero-order valence-electron chi connectivity index (χ0n) is 10.1. The number of likely N-dealkylation sites (tertiary alicyclic amines) is 1. The predicted octanol–water partition coefficient (Wildman–Crippen LogP) is 0.510. The number of hydrogen-bond acceptors (Lipinski definition) is 6. The molecular weight excluding hydrogens is 216 g/mol. The molecule has 1 unspecified atom stereocenters. The Balaban J connectivity index is 2.11. The minimum Gasteiger partial charge on any atom is -0.355 e. The van der Waals surface area contributed by atoms with Crippen LogP contribution in [-0.4, -0.2) is 48.1 Å². The van der Waals surface area contributed by atoms with Gasteiger partial charge in [0.15, 0.2) is 6.19 Å². The molecule has 1 atom stereocenters. The molecule has 17 heavy (non-hydrogen) atoms. The fourth-order valence-electron chi connectivity index (χ4n) is 2.08. The average molecular weight is 232 g/mol. The number of anilines is 2. The molecule has 0 aromatic carbocycles. The van der Waals surface area contributed by atoms with Crippen LogP contribution in [-0.2, 0) is 0 Å². The molecule has 0 bridgehead atoms. The van der Waals surface area contributed by atoms with E-state index in [0.29, 0.717) is 11.9 Å². The van der Waals surface area contributed by atoms with Crippen molar-refractivity contribution in [2.75, 3.05) is 37.4 Å². The van der Waals surface area contributed by atoms with Gasteiger partial charge in [-0.25, -0.2) is 9.97 Å². The largest absolute Gasteiger partial charge is 0.355 e. The van der Waals surface area contributed by atoms with Crippen molar-refractivity contribution in [1.29, 1.82) is 5.26 Å². The molecule has 90 valence electrons. The van der Waals surface area contributed by atoms with Gasteiger partial charge in [0.2, 0.25) is 0 Å². The second kappa shape index (κ2) is 4.97. The van der Waals surface area contributed by atoms with E-state index >= 15 is 0 Å². The van der Waals surface area contributed by atoms with Crippen LogP contribution in [0.5, 0.6) is 0 Å². The Morgan fingerprint density at radius 2 is 2.41 bits per heavy atom. The van der Waals surface area contributed by atoms with Gasteiger partial charge >= 0.3 is 0 Å². The van der Waals surface area contributed by atoms with Crippen LogP contribution in [0.2, 0.25) is 0 Å². The van der Waals surface area contributed by atoms with Crippen molar-refractivity contribution in [3.63, 3.8) is 0 Å². The minimum atomic E-state index is 0.477. The molecule has 0 amide bonds. The highest BCUT2D eigenvalue weighted by Crippen LogP contribution is 2.20. The van der Waals surface area contributed by atoms with Gasteiger partial charge in [-0.15, -0.1) is 0 Å². The van der Waals surface area contributed by atoms with E-state index in [1.54, 1.807) is 6.07 Å². The van der Waals surface area contributed by atoms with Crippen molar-refractivity contribution in [1.82, 2.24) is 14.9 Å². The van der Waals surface area contributed by atoms with Crippen LogP contribution in [0.1, 0.15) is 6.42 Å². The maximum Gasteiger partial charge on any atom is 0.182 e. The monoisotopic (exact) mass is 232 g/mol. The first kappa shape index (κ1) is 11.6. The summed E-state index contributed by atoms with van der Waals surface area (Å²) in [4.78, 5) is 12.7. The summed E-state index contributed by atoms with van der Waals surface area (Å²) in [5, 5.41) is 11.1. The summed E-state index contributed by atoms with van der Waals surface area (Å²) >= 11 is 0. The number of hydrogen-bond donors (Lipinski definition) is 1. The topological polar surface area (TPSA) is 68.1 Å². The van der Waals surface area contributed by atoms with Crippen molar-refractivity contribution in [3.8, 4) is 6.19 Å². The Morgan fingerprint density at radius 1 is 1.59 bits per heavy atom. The number of rotatable bonds is 3. The standard InChI is InChI=1S/C11H16N6/c1-16-4-3-9(6-16)17(2)11-5-10(13-7-12)14-8-15-11/h5,8-9H,3-4,6H2,1-2H3,(H,13,14,15). The molecule has 1 aliphatic rings. The van der Waals surface area contributed by atoms with Crippen LogP contribution in [0.25, 0.3) is 0 Å².